The van der Waals surface area contributed by atoms with Gasteiger partial charge in [-0.25, -0.2) is 4.79 Å². The molecule has 0 aromatic heterocycles. The topological polar surface area (TPSA) is 42.0 Å². The molecule has 5 heteroatoms. The Morgan fingerprint density at radius 1 is 1.31 bits per heavy atom. The highest BCUT2D eigenvalue weighted by Gasteiger charge is 2.13. The van der Waals surface area contributed by atoms with Crippen LogP contribution >= 0.6 is 0 Å². The first-order valence-corrected chi connectivity index (χ1v) is 4.25. The molecule has 0 aromatic carbocycles. The summed E-state index contributed by atoms with van der Waals surface area (Å²) in [6, 6.07) is 0. The van der Waals surface area contributed by atoms with E-state index in [1.165, 1.54) is 12.2 Å². The van der Waals surface area contributed by atoms with E-state index in [1.54, 1.807) is 6.92 Å². The van der Waals surface area contributed by atoms with Gasteiger partial charge in [-0.1, -0.05) is 0 Å². The van der Waals surface area contributed by atoms with Crippen molar-refractivity contribution in [3.8, 4) is 0 Å². The van der Waals surface area contributed by atoms with E-state index in [0.29, 0.717) is 13.2 Å². The predicted molar refractivity (Wildman–Crippen MR) is 49.3 cm³/mol. The van der Waals surface area contributed by atoms with Crippen molar-refractivity contribution in [3.63, 3.8) is 0 Å². The standard InChI is InChI=1S/C8H18N2O3/c1-5-13-8(11)10(12-4)7-6-9(2)3/h5-7H2,1-4H3. The first kappa shape index (κ1) is 12.2. The van der Waals surface area contributed by atoms with Crippen LogP contribution in [0.25, 0.3) is 0 Å². The number of nitrogens with zero attached hydrogens (tertiary/aromatic N) is 2. The maximum Gasteiger partial charge on any atom is 0.433 e. The molecule has 0 heterocycles. The maximum absolute atomic E-state index is 11.1. The van der Waals surface area contributed by atoms with Gasteiger partial charge in [-0.15, -0.1) is 0 Å². The summed E-state index contributed by atoms with van der Waals surface area (Å²) in [5, 5.41) is 1.20. The molecule has 0 aliphatic heterocycles. The van der Waals surface area contributed by atoms with Gasteiger partial charge in [0.05, 0.1) is 20.3 Å². The van der Waals surface area contributed by atoms with Crippen molar-refractivity contribution in [3.05, 3.63) is 0 Å². The number of rotatable bonds is 5. The van der Waals surface area contributed by atoms with Crippen LogP contribution < -0.4 is 0 Å². The zero-order valence-corrected chi connectivity index (χ0v) is 8.74. The van der Waals surface area contributed by atoms with Crippen LogP contribution in [0, 0.1) is 0 Å². The number of carbonyl (C=O) groups excluding carboxylic acids is 1. The van der Waals surface area contributed by atoms with Gasteiger partial charge < -0.3 is 9.64 Å². The predicted octanol–water partition coefficient (Wildman–Crippen LogP) is 0.568. The second-order valence-corrected chi connectivity index (χ2v) is 2.79. The van der Waals surface area contributed by atoms with Gasteiger partial charge in [-0.3, -0.25) is 4.84 Å². The van der Waals surface area contributed by atoms with Crippen molar-refractivity contribution >= 4 is 6.09 Å². The second-order valence-electron chi connectivity index (χ2n) is 2.79. The Kier molecular flexibility index (Phi) is 6.26. The number of hydroxylamine groups is 2. The van der Waals surface area contributed by atoms with Gasteiger partial charge in [0.25, 0.3) is 0 Å². The quantitative estimate of drug-likeness (QED) is 0.594. The molecule has 0 aliphatic rings. The molecule has 0 fully saturated rings. The molecule has 0 aromatic rings. The van der Waals surface area contributed by atoms with E-state index in [4.69, 9.17) is 9.57 Å². The molecule has 13 heavy (non-hydrogen) atoms. The van der Waals surface area contributed by atoms with E-state index >= 15 is 0 Å². The first-order chi connectivity index (χ1) is 6.11. The molecule has 0 saturated carbocycles. The molecule has 0 bridgehead atoms. The number of carbonyl (C=O) groups is 1. The fourth-order valence-corrected chi connectivity index (χ4v) is 0.743. The highest BCUT2D eigenvalue weighted by molar-refractivity contribution is 5.66. The highest BCUT2D eigenvalue weighted by atomic mass is 16.7. The van der Waals surface area contributed by atoms with Crippen LogP contribution in [0.5, 0.6) is 0 Å². The lowest BCUT2D eigenvalue weighted by molar-refractivity contribution is -0.111. The molecule has 0 N–H and O–H groups in total. The second kappa shape index (κ2) is 6.68. The summed E-state index contributed by atoms with van der Waals surface area (Å²) in [4.78, 5) is 18.0. The molecule has 0 atom stereocenters. The third-order valence-electron chi connectivity index (χ3n) is 1.44. The maximum atomic E-state index is 11.1. The Bertz CT molecular complexity index is 150. The Morgan fingerprint density at radius 3 is 2.31 bits per heavy atom. The van der Waals surface area contributed by atoms with Crippen LogP contribution in [0.2, 0.25) is 0 Å². The van der Waals surface area contributed by atoms with Crippen LogP contribution in [0.1, 0.15) is 6.92 Å². The summed E-state index contributed by atoms with van der Waals surface area (Å²) < 4.78 is 4.77. The summed E-state index contributed by atoms with van der Waals surface area (Å²) in [5.74, 6) is 0. The van der Waals surface area contributed by atoms with Crippen molar-refractivity contribution in [2.24, 2.45) is 0 Å². The molecule has 1 amide bonds. The summed E-state index contributed by atoms with van der Waals surface area (Å²) in [5.41, 5.74) is 0. The Hall–Kier alpha value is -0.810. The van der Waals surface area contributed by atoms with Crippen LogP contribution in [-0.4, -0.2) is 57.0 Å². The molecule has 5 nitrogen and oxygen atoms in total. The molecule has 0 unspecified atom stereocenters. The van der Waals surface area contributed by atoms with Gasteiger partial charge in [-0.05, 0) is 21.0 Å². The third kappa shape index (κ3) is 5.43. The van der Waals surface area contributed by atoms with Gasteiger partial charge in [0.1, 0.15) is 0 Å². The number of likely N-dealkylation sites (N-methyl/N-ethyl adjacent to an activating group) is 1. The van der Waals surface area contributed by atoms with Crippen LogP contribution in [0.3, 0.4) is 0 Å². The molecule has 0 spiro atoms. The molecule has 78 valence electrons. The van der Waals surface area contributed by atoms with Crippen LogP contribution in [0.15, 0.2) is 0 Å². The minimum atomic E-state index is -0.438. The minimum Gasteiger partial charge on any atom is -0.448 e. The summed E-state index contributed by atoms with van der Waals surface area (Å²) in [7, 11) is 5.31. The first-order valence-electron chi connectivity index (χ1n) is 4.25. The molecular weight excluding hydrogens is 172 g/mol. The van der Waals surface area contributed by atoms with E-state index in [-0.39, 0.29) is 0 Å². The average molecular weight is 190 g/mol. The van der Waals surface area contributed by atoms with E-state index < -0.39 is 6.09 Å². The summed E-state index contributed by atoms with van der Waals surface area (Å²) in [6.45, 7) is 3.37. The Balaban J connectivity index is 3.80. The molecule has 0 saturated heterocycles. The van der Waals surface area contributed by atoms with Gasteiger partial charge in [0.15, 0.2) is 0 Å². The molecule has 0 radical (unpaired) electrons. The number of hydrogen-bond acceptors (Lipinski definition) is 4. The van der Waals surface area contributed by atoms with E-state index in [9.17, 15) is 4.79 Å². The van der Waals surface area contributed by atoms with Gasteiger partial charge >= 0.3 is 6.09 Å². The largest absolute Gasteiger partial charge is 0.448 e. The van der Waals surface area contributed by atoms with Crippen molar-refractivity contribution in [1.82, 2.24) is 9.96 Å². The lowest BCUT2D eigenvalue weighted by atomic mass is 10.6. The number of hydrogen-bond donors (Lipinski definition) is 0. The molecule has 0 rings (SSSR count). The normalized spacial score (nSPS) is 10.2. The zero-order chi connectivity index (χ0) is 10.3. The monoisotopic (exact) mass is 190 g/mol. The highest BCUT2D eigenvalue weighted by Crippen LogP contribution is 1.94. The minimum absolute atomic E-state index is 0.362. The lowest BCUT2D eigenvalue weighted by Crippen LogP contribution is -2.36. The number of amides is 1. The number of ether oxygens (including phenoxy) is 1. The fourth-order valence-electron chi connectivity index (χ4n) is 0.743. The zero-order valence-electron chi connectivity index (χ0n) is 8.74. The van der Waals surface area contributed by atoms with Gasteiger partial charge in [0, 0.05) is 6.54 Å². The van der Waals surface area contributed by atoms with Gasteiger partial charge in [0.2, 0.25) is 0 Å². The Labute approximate surface area is 79.2 Å². The van der Waals surface area contributed by atoms with Crippen molar-refractivity contribution < 1.29 is 14.4 Å². The van der Waals surface area contributed by atoms with Crippen molar-refractivity contribution in [1.29, 1.82) is 0 Å². The smallest absolute Gasteiger partial charge is 0.433 e. The lowest BCUT2D eigenvalue weighted by Gasteiger charge is -2.20. The van der Waals surface area contributed by atoms with E-state index in [0.717, 1.165) is 6.54 Å². The molecular formula is C8H18N2O3. The van der Waals surface area contributed by atoms with Gasteiger partial charge in [-0.2, -0.15) is 5.06 Å². The van der Waals surface area contributed by atoms with Crippen LogP contribution in [0.4, 0.5) is 4.79 Å². The summed E-state index contributed by atoms with van der Waals surface area (Å²) in [6.07, 6.45) is -0.438. The SMILES string of the molecule is CCOC(=O)N(CCN(C)C)OC. The van der Waals surface area contributed by atoms with E-state index in [1.807, 2.05) is 19.0 Å². The van der Waals surface area contributed by atoms with E-state index in [2.05, 4.69) is 0 Å². The van der Waals surface area contributed by atoms with Crippen LogP contribution in [-0.2, 0) is 9.57 Å². The summed E-state index contributed by atoms with van der Waals surface area (Å²) >= 11 is 0. The fraction of sp³-hybridized carbons (Fsp3) is 0.875. The third-order valence-corrected chi connectivity index (χ3v) is 1.44. The van der Waals surface area contributed by atoms with Crippen molar-refractivity contribution in [2.75, 3.05) is 40.9 Å². The Morgan fingerprint density at radius 2 is 1.92 bits per heavy atom. The average Bonchev–Trinajstić information content (AvgIpc) is 2.05. The molecule has 0 aliphatic carbocycles. The van der Waals surface area contributed by atoms with Crippen molar-refractivity contribution in [2.45, 2.75) is 6.92 Å².